The molecule has 0 bridgehead atoms. The van der Waals surface area contributed by atoms with Crippen LogP contribution >= 0.6 is 11.6 Å². The number of hydrogen-bond acceptors (Lipinski definition) is 4. The van der Waals surface area contributed by atoms with Crippen LogP contribution in [0.2, 0.25) is 5.02 Å². The van der Waals surface area contributed by atoms with Crippen molar-refractivity contribution in [3.8, 4) is 0 Å². The van der Waals surface area contributed by atoms with Gasteiger partial charge in [-0.2, -0.15) is 5.06 Å². The zero-order valence-electron chi connectivity index (χ0n) is 11.9. The third-order valence-electron chi connectivity index (χ3n) is 4.22. The lowest BCUT2D eigenvalue weighted by atomic mass is 10.0. The molecule has 0 spiro atoms. The molecule has 3 rings (SSSR count). The van der Waals surface area contributed by atoms with Crippen LogP contribution in [0.4, 0.5) is 0 Å². The molecule has 0 radical (unpaired) electrons. The van der Waals surface area contributed by atoms with E-state index in [1.165, 1.54) is 0 Å². The van der Waals surface area contributed by atoms with E-state index in [1.54, 1.807) is 22.5 Å². The van der Waals surface area contributed by atoms with E-state index in [9.17, 15) is 8.42 Å². The van der Waals surface area contributed by atoms with Gasteiger partial charge in [-0.25, -0.2) is 12.7 Å². The number of benzene rings is 1. The van der Waals surface area contributed by atoms with Gasteiger partial charge in [0.05, 0.1) is 12.6 Å². The lowest BCUT2D eigenvalue weighted by molar-refractivity contribution is -0.110. The normalized spacial score (nSPS) is 28.3. The Labute approximate surface area is 130 Å². The summed E-state index contributed by atoms with van der Waals surface area (Å²) in [5.41, 5.74) is 0.798. The molecule has 2 heterocycles. The van der Waals surface area contributed by atoms with Gasteiger partial charge in [0.2, 0.25) is 10.0 Å². The highest BCUT2D eigenvalue weighted by Gasteiger charge is 2.46. The summed E-state index contributed by atoms with van der Waals surface area (Å²) < 4.78 is 27.3. The van der Waals surface area contributed by atoms with Crippen molar-refractivity contribution >= 4 is 21.6 Å². The van der Waals surface area contributed by atoms with Crippen molar-refractivity contribution in [1.29, 1.82) is 0 Å². The fraction of sp³-hybridized carbons (Fsp3) is 0.571. The Balaban J connectivity index is 1.96. The van der Waals surface area contributed by atoms with Crippen LogP contribution in [0.25, 0.3) is 0 Å². The number of nitrogens with zero attached hydrogens (tertiary/aromatic N) is 2. The maximum absolute atomic E-state index is 12.9. The number of hydroxylamine groups is 2. The maximum atomic E-state index is 12.9. The first kappa shape index (κ1) is 15.2. The number of hydrogen-bond donors (Lipinski definition) is 0. The van der Waals surface area contributed by atoms with Crippen LogP contribution in [0.3, 0.4) is 0 Å². The number of rotatable bonds is 3. The zero-order valence-corrected chi connectivity index (χ0v) is 13.5. The van der Waals surface area contributed by atoms with E-state index in [4.69, 9.17) is 16.4 Å². The summed E-state index contributed by atoms with van der Waals surface area (Å²) in [6.07, 6.45) is 1.86. The average Bonchev–Trinajstić information content (AvgIpc) is 3.09. The van der Waals surface area contributed by atoms with Crippen molar-refractivity contribution in [3.05, 3.63) is 34.9 Å². The summed E-state index contributed by atoms with van der Waals surface area (Å²) in [7, 11) is -1.62. The molecule has 1 aromatic rings. The van der Waals surface area contributed by atoms with Crippen LogP contribution in [0.1, 0.15) is 24.4 Å². The minimum atomic E-state index is -3.38. The van der Waals surface area contributed by atoms with Crippen molar-refractivity contribution < 1.29 is 13.3 Å². The molecule has 0 saturated carbocycles. The second-order valence-electron chi connectivity index (χ2n) is 5.50. The summed E-state index contributed by atoms with van der Waals surface area (Å²) in [5.74, 6) is 0. The van der Waals surface area contributed by atoms with E-state index < -0.39 is 15.3 Å². The van der Waals surface area contributed by atoms with Gasteiger partial charge in [0, 0.05) is 25.2 Å². The molecular formula is C14H19ClN2O3S. The Morgan fingerprint density at radius 3 is 2.57 bits per heavy atom. The SMILES string of the molecule is CN1OC[C@H](S(=O)(=O)N2CCCC2)[C@@H]1c1ccccc1Cl. The monoisotopic (exact) mass is 330 g/mol. The highest BCUT2D eigenvalue weighted by Crippen LogP contribution is 2.38. The van der Waals surface area contributed by atoms with E-state index in [0.717, 1.165) is 18.4 Å². The highest BCUT2D eigenvalue weighted by molar-refractivity contribution is 7.89. The Morgan fingerprint density at radius 2 is 1.90 bits per heavy atom. The summed E-state index contributed by atoms with van der Waals surface area (Å²) in [6.45, 7) is 1.39. The van der Waals surface area contributed by atoms with E-state index >= 15 is 0 Å². The average molecular weight is 331 g/mol. The molecule has 1 aromatic carbocycles. The summed E-state index contributed by atoms with van der Waals surface area (Å²) in [6, 6.07) is 6.98. The van der Waals surface area contributed by atoms with Crippen molar-refractivity contribution in [2.75, 3.05) is 26.7 Å². The molecule has 2 aliphatic rings. The molecule has 5 nitrogen and oxygen atoms in total. The lowest BCUT2D eigenvalue weighted by Crippen LogP contribution is -2.41. The van der Waals surface area contributed by atoms with Gasteiger partial charge in [-0.3, -0.25) is 4.84 Å². The smallest absolute Gasteiger partial charge is 0.221 e. The predicted octanol–water partition coefficient (Wildman–Crippen LogP) is 2.05. The first-order valence-electron chi connectivity index (χ1n) is 7.11. The first-order chi connectivity index (χ1) is 10.0. The molecule has 0 N–H and O–H groups in total. The van der Waals surface area contributed by atoms with Crippen LogP contribution in [0, 0.1) is 0 Å². The quantitative estimate of drug-likeness (QED) is 0.851. The minimum absolute atomic E-state index is 0.172. The molecule has 2 atom stereocenters. The molecule has 2 saturated heterocycles. The Hall–Kier alpha value is -0.660. The number of halogens is 1. The van der Waals surface area contributed by atoms with E-state index in [-0.39, 0.29) is 12.6 Å². The van der Waals surface area contributed by atoms with E-state index in [0.29, 0.717) is 18.1 Å². The maximum Gasteiger partial charge on any atom is 0.221 e. The van der Waals surface area contributed by atoms with Gasteiger partial charge in [-0.1, -0.05) is 29.8 Å². The highest BCUT2D eigenvalue weighted by atomic mass is 35.5. The van der Waals surface area contributed by atoms with Crippen LogP contribution in [-0.4, -0.2) is 49.8 Å². The standard InChI is InChI=1S/C14H19ClN2O3S/c1-16-14(11-6-2-3-7-12(11)15)13(10-20-16)21(18,19)17-8-4-5-9-17/h2-3,6-7,13-14H,4-5,8-10H2,1H3/t13-,14-/m0/s1. The van der Waals surface area contributed by atoms with Crippen molar-refractivity contribution in [2.24, 2.45) is 0 Å². The van der Waals surface area contributed by atoms with Crippen LogP contribution < -0.4 is 0 Å². The molecule has 0 aromatic heterocycles. The molecule has 7 heteroatoms. The zero-order chi connectivity index (χ0) is 15.0. The molecule has 0 amide bonds. The van der Waals surface area contributed by atoms with Crippen LogP contribution in [0.15, 0.2) is 24.3 Å². The molecular weight excluding hydrogens is 312 g/mol. The van der Waals surface area contributed by atoms with Crippen LogP contribution in [-0.2, 0) is 14.9 Å². The van der Waals surface area contributed by atoms with Crippen molar-refractivity contribution in [2.45, 2.75) is 24.1 Å². The molecule has 2 fully saturated rings. The van der Waals surface area contributed by atoms with Gasteiger partial charge >= 0.3 is 0 Å². The molecule has 2 aliphatic heterocycles. The summed E-state index contributed by atoms with van der Waals surface area (Å²) in [4.78, 5) is 5.50. The fourth-order valence-electron chi connectivity index (χ4n) is 3.09. The summed E-state index contributed by atoms with van der Waals surface area (Å²) >= 11 is 6.25. The topological polar surface area (TPSA) is 49.9 Å². The lowest BCUT2D eigenvalue weighted by Gasteiger charge is -2.26. The largest absolute Gasteiger partial charge is 0.297 e. The first-order valence-corrected chi connectivity index (χ1v) is 8.99. The van der Waals surface area contributed by atoms with Gasteiger partial charge in [-0.05, 0) is 24.5 Å². The Bertz CT molecular complexity index is 616. The van der Waals surface area contributed by atoms with E-state index in [2.05, 4.69) is 0 Å². The van der Waals surface area contributed by atoms with Gasteiger partial charge in [-0.15, -0.1) is 0 Å². The molecule has 21 heavy (non-hydrogen) atoms. The van der Waals surface area contributed by atoms with Gasteiger partial charge in [0.1, 0.15) is 5.25 Å². The predicted molar refractivity (Wildman–Crippen MR) is 81.4 cm³/mol. The van der Waals surface area contributed by atoms with Crippen molar-refractivity contribution in [3.63, 3.8) is 0 Å². The Kier molecular flexibility index (Phi) is 4.25. The number of sulfonamides is 1. The minimum Gasteiger partial charge on any atom is -0.297 e. The van der Waals surface area contributed by atoms with Gasteiger partial charge in [0.15, 0.2) is 0 Å². The second kappa shape index (κ2) is 5.85. The fourth-order valence-corrected chi connectivity index (χ4v) is 5.36. The van der Waals surface area contributed by atoms with Gasteiger partial charge in [0.25, 0.3) is 0 Å². The molecule has 0 aliphatic carbocycles. The van der Waals surface area contributed by atoms with E-state index in [1.807, 2.05) is 18.2 Å². The van der Waals surface area contributed by atoms with Crippen molar-refractivity contribution in [1.82, 2.24) is 9.37 Å². The molecule has 0 unspecified atom stereocenters. The molecule has 116 valence electrons. The Morgan fingerprint density at radius 1 is 1.24 bits per heavy atom. The third-order valence-corrected chi connectivity index (χ3v) is 6.81. The van der Waals surface area contributed by atoms with Crippen LogP contribution in [0.5, 0.6) is 0 Å². The third kappa shape index (κ3) is 2.71. The summed E-state index contributed by atoms with van der Waals surface area (Å²) in [5, 5.41) is 1.57. The van der Waals surface area contributed by atoms with Gasteiger partial charge < -0.3 is 0 Å². The second-order valence-corrected chi connectivity index (χ2v) is 8.06.